The molecule has 0 fully saturated rings. The van der Waals surface area contributed by atoms with Gasteiger partial charge in [-0.2, -0.15) is 0 Å². The molecule has 0 aliphatic rings. The van der Waals surface area contributed by atoms with E-state index in [1.807, 2.05) is 30.3 Å². The molecule has 0 bridgehead atoms. The summed E-state index contributed by atoms with van der Waals surface area (Å²) in [4.78, 5) is 10.8. The van der Waals surface area contributed by atoms with Gasteiger partial charge in [-0.15, -0.1) is 6.58 Å². The van der Waals surface area contributed by atoms with Crippen molar-refractivity contribution < 1.29 is 9.53 Å². The minimum absolute atomic E-state index is 0.211. The summed E-state index contributed by atoms with van der Waals surface area (Å²) in [5.41, 5.74) is 1.14. The Morgan fingerprint density at radius 1 is 1.44 bits per heavy atom. The minimum Gasteiger partial charge on any atom is -0.493 e. The van der Waals surface area contributed by atoms with Gasteiger partial charge in [0, 0.05) is 6.42 Å². The van der Waals surface area contributed by atoms with E-state index < -0.39 is 0 Å². The Bertz CT molecular complexity index is 356. The third-order valence-corrected chi connectivity index (χ3v) is 2.27. The summed E-state index contributed by atoms with van der Waals surface area (Å²) < 4.78 is 5.64. The van der Waals surface area contributed by atoms with E-state index in [2.05, 4.69) is 6.58 Å². The summed E-state index contributed by atoms with van der Waals surface area (Å²) in [5, 5.41) is 0. The van der Waals surface area contributed by atoms with Gasteiger partial charge in [-0.1, -0.05) is 24.3 Å². The Hall–Kier alpha value is -1.57. The van der Waals surface area contributed by atoms with Crippen molar-refractivity contribution >= 4 is 5.78 Å². The average Bonchev–Trinajstić information content (AvgIpc) is 2.26. The summed E-state index contributed by atoms with van der Waals surface area (Å²) in [5.74, 6) is 1.11. The van der Waals surface area contributed by atoms with Crippen LogP contribution >= 0.6 is 0 Å². The van der Waals surface area contributed by atoms with Crippen LogP contribution in [0.15, 0.2) is 36.9 Å². The Kier molecular flexibility index (Phi) is 5.34. The van der Waals surface area contributed by atoms with Gasteiger partial charge in [-0.25, -0.2) is 0 Å². The van der Waals surface area contributed by atoms with Gasteiger partial charge in [0.25, 0.3) is 0 Å². The molecule has 0 aliphatic carbocycles. The molecule has 0 radical (unpaired) electrons. The van der Waals surface area contributed by atoms with Crippen molar-refractivity contribution in [2.45, 2.75) is 26.2 Å². The van der Waals surface area contributed by atoms with Crippen molar-refractivity contribution in [3.63, 3.8) is 0 Å². The standard InChI is InChI=1S/C14H18O2/c1-3-7-13-9-4-5-10-14(13)16-11-6-8-12(2)15/h3-5,9-10H,1,6-8,11H2,2H3. The molecule has 0 aliphatic heterocycles. The third-order valence-electron chi connectivity index (χ3n) is 2.27. The first kappa shape index (κ1) is 12.5. The Morgan fingerprint density at radius 2 is 2.19 bits per heavy atom. The average molecular weight is 218 g/mol. The fraction of sp³-hybridized carbons (Fsp3) is 0.357. The Labute approximate surface area is 96.9 Å². The lowest BCUT2D eigenvalue weighted by Gasteiger charge is -2.09. The maximum Gasteiger partial charge on any atom is 0.129 e. The van der Waals surface area contributed by atoms with Crippen LogP contribution in [0.3, 0.4) is 0 Å². The molecule has 0 saturated carbocycles. The van der Waals surface area contributed by atoms with Crippen molar-refractivity contribution in [3.05, 3.63) is 42.5 Å². The monoisotopic (exact) mass is 218 g/mol. The quantitative estimate of drug-likeness (QED) is 0.519. The number of benzene rings is 1. The normalized spacial score (nSPS) is 9.81. The number of rotatable bonds is 7. The summed E-state index contributed by atoms with van der Waals surface area (Å²) in [7, 11) is 0. The number of carbonyl (C=O) groups excluding carboxylic acids is 1. The molecule has 0 N–H and O–H groups in total. The van der Waals surface area contributed by atoms with Crippen LogP contribution in [0.4, 0.5) is 0 Å². The number of hydrogen-bond donors (Lipinski definition) is 0. The molecular weight excluding hydrogens is 200 g/mol. The molecule has 86 valence electrons. The molecule has 1 rings (SSSR count). The number of allylic oxidation sites excluding steroid dienone is 1. The van der Waals surface area contributed by atoms with E-state index in [1.54, 1.807) is 6.92 Å². The van der Waals surface area contributed by atoms with Gasteiger partial charge in [0.15, 0.2) is 0 Å². The van der Waals surface area contributed by atoms with Crippen molar-refractivity contribution in [3.8, 4) is 5.75 Å². The molecule has 16 heavy (non-hydrogen) atoms. The fourth-order valence-electron chi connectivity index (χ4n) is 1.47. The van der Waals surface area contributed by atoms with Gasteiger partial charge in [0.05, 0.1) is 6.61 Å². The van der Waals surface area contributed by atoms with Crippen LogP contribution in [-0.4, -0.2) is 12.4 Å². The zero-order valence-corrected chi connectivity index (χ0v) is 9.74. The maximum atomic E-state index is 10.8. The van der Waals surface area contributed by atoms with E-state index in [1.165, 1.54) is 0 Å². The molecule has 1 aromatic carbocycles. The second kappa shape index (κ2) is 6.83. The van der Waals surface area contributed by atoms with Crippen molar-refractivity contribution in [1.82, 2.24) is 0 Å². The smallest absolute Gasteiger partial charge is 0.129 e. The second-order valence-electron chi connectivity index (χ2n) is 3.75. The molecule has 0 atom stereocenters. The van der Waals surface area contributed by atoms with Crippen molar-refractivity contribution in [2.24, 2.45) is 0 Å². The lowest BCUT2D eigenvalue weighted by Crippen LogP contribution is -2.02. The van der Waals surface area contributed by atoms with E-state index >= 15 is 0 Å². The molecule has 0 aromatic heterocycles. The largest absolute Gasteiger partial charge is 0.493 e. The Balaban J connectivity index is 2.46. The predicted molar refractivity (Wildman–Crippen MR) is 65.8 cm³/mol. The first-order valence-corrected chi connectivity index (χ1v) is 5.55. The highest BCUT2D eigenvalue weighted by Crippen LogP contribution is 2.18. The third kappa shape index (κ3) is 4.30. The van der Waals surface area contributed by atoms with Crippen LogP contribution < -0.4 is 4.74 Å². The fourth-order valence-corrected chi connectivity index (χ4v) is 1.47. The van der Waals surface area contributed by atoms with E-state index in [4.69, 9.17) is 4.74 Å². The first-order chi connectivity index (χ1) is 7.74. The highest BCUT2D eigenvalue weighted by atomic mass is 16.5. The van der Waals surface area contributed by atoms with Crippen LogP contribution in [0.5, 0.6) is 5.75 Å². The summed E-state index contributed by atoms with van der Waals surface area (Å²) in [6, 6.07) is 7.92. The zero-order chi connectivity index (χ0) is 11.8. The van der Waals surface area contributed by atoms with Crippen LogP contribution in [0, 0.1) is 0 Å². The summed E-state index contributed by atoms with van der Waals surface area (Å²) in [6.07, 6.45) is 4.03. The molecule has 0 heterocycles. The van der Waals surface area contributed by atoms with Crippen molar-refractivity contribution in [1.29, 1.82) is 0 Å². The van der Waals surface area contributed by atoms with Crippen LogP contribution in [-0.2, 0) is 11.2 Å². The zero-order valence-electron chi connectivity index (χ0n) is 9.74. The first-order valence-electron chi connectivity index (χ1n) is 5.55. The van der Waals surface area contributed by atoms with E-state index in [0.717, 1.165) is 24.2 Å². The second-order valence-corrected chi connectivity index (χ2v) is 3.75. The van der Waals surface area contributed by atoms with Crippen LogP contribution in [0.1, 0.15) is 25.3 Å². The number of hydrogen-bond acceptors (Lipinski definition) is 2. The summed E-state index contributed by atoms with van der Waals surface area (Å²) >= 11 is 0. The molecule has 1 aromatic rings. The van der Waals surface area contributed by atoms with Crippen LogP contribution in [0.2, 0.25) is 0 Å². The minimum atomic E-state index is 0.211. The number of Topliss-reactive ketones (excluding diaryl/α,β-unsaturated/α-hetero) is 1. The Morgan fingerprint density at radius 3 is 2.88 bits per heavy atom. The van der Waals surface area contributed by atoms with Gasteiger partial charge in [-0.05, 0) is 31.4 Å². The van der Waals surface area contributed by atoms with Gasteiger partial charge in [-0.3, -0.25) is 0 Å². The predicted octanol–water partition coefficient (Wildman–Crippen LogP) is 3.16. The molecule has 0 saturated heterocycles. The lowest BCUT2D eigenvalue weighted by atomic mass is 10.1. The van der Waals surface area contributed by atoms with E-state index in [0.29, 0.717) is 13.0 Å². The number of para-hydroxylation sites is 1. The highest BCUT2D eigenvalue weighted by Gasteiger charge is 2.01. The van der Waals surface area contributed by atoms with Crippen molar-refractivity contribution in [2.75, 3.05) is 6.61 Å². The van der Waals surface area contributed by atoms with Gasteiger partial charge in [0.1, 0.15) is 11.5 Å². The van der Waals surface area contributed by atoms with Gasteiger partial charge >= 0.3 is 0 Å². The number of ketones is 1. The number of carbonyl (C=O) groups is 1. The molecule has 0 amide bonds. The van der Waals surface area contributed by atoms with Gasteiger partial charge < -0.3 is 9.53 Å². The summed E-state index contributed by atoms with van der Waals surface area (Å²) in [6.45, 7) is 5.91. The molecule has 0 unspecified atom stereocenters. The van der Waals surface area contributed by atoms with Crippen LogP contribution in [0.25, 0.3) is 0 Å². The topological polar surface area (TPSA) is 26.3 Å². The molecule has 2 heteroatoms. The SMILES string of the molecule is C=CCc1ccccc1OCCCC(C)=O. The van der Waals surface area contributed by atoms with E-state index in [9.17, 15) is 4.79 Å². The maximum absolute atomic E-state index is 10.8. The van der Waals surface area contributed by atoms with Gasteiger partial charge in [0.2, 0.25) is 0 Å². The highest BCUT2D eigenvalue weighted by molar-refractivity contribution is 5.75. The van der Waals surface area contributed by atoms with E-state index in [-0.39, 0.29) is 5.78 Å². The molecule has 0 spiro atoms. The molecular formula is C14H18O2. The number of ether oxygens (including phenoxy) is 1. The lowest BCUT2D eigenvalue weighted by molar-refractivity contribution is -0.117. The molecule has 2 nitrogen and oxygen atoms in total.